The van der Waals surface area contributed by atoms with Crippen molar-refractivity contribution in [2.75, 3.05) is 19.0 Å². The van der Waals surface area contributed by atoms with E-state index in [0.717, 1.165) is 11.3 Å². The Morgan fingerprint density at radius 1 is 1.10 bits per heavy atom. The third-order valence-corrected chi connectivity index (χ3v) is 3.33. The summed E-state index contributed by atoms with van der Waals surface area (Å²) in [6, 6.07) is 16.7. The van der Waals surface area contributed by atoms with Crippen LogP contribution in [0.3, 0.4) is 0 Å². The molecule has 0 aromatic heterocycles. The van der Waals surface area contributed by atoms with Crippen LogP contribution in [0.25, 0.3) is 0 Å². The highest BCUT2D eigenvalue weighted by atomic mass is 19.1. The summed E-state index contributed by atoms with van der Waals surface area (Å²) in [5, 5.41) is 9.28. The second kappa shape index (κ2) is 6.21. The summed E-state index contributed by atoms with van der Waals surface area (Å²) in [4.78, 5) is 2.02. The lowest BCUT2D eigenvalue weighted by atomic mass is 9.93. The molecule has 0 spiro atoms. The molecular formula is C17H17FN2. The maximum atomic E-state index is 13.7. The largest absolute Gasteiger partial charge is 0.378 e. The quantitative estimate of drug-likeness (QED) is 0.844. The van der Waals surface area contributed by atoms with E-state index in [4.69, 9.17) is 0 Å². The summed E-state index contributed by atoms with van der Waals surface area (Å²) < 4.78 is 13.7. The van der Waals surface area contributed by atoms with Gasteiger partial charge in [-0.15, -0.1) is 0 Å². The molecule has 2 nitrogen and oxygen atoms in total. The van der Waals surface area contributed by atoms with Gasteiger partial charge in [0, 0.05) is 25.3 Å². The number of nitriles is 1. The minimum atomic E-state index is -0.457. The maximum Gasteiger partial charge on any atom is 0.127 e. The van der Waals surface area contributed by atoms with Gasteiger partial charge in [-0.25, -0.2) is 4.39 Å². The molecule has 102 valence electrons. The van der Waals surface area contributed by atoms with Crippen LogP contribution in [0, 0.1) is 17.1 Å². The van der Waals surface area contributed by atoms with E-state index in [0.29, 0.717) is 12.0 Å². The Hall–Kier alpha value is -2.34. The van der Waals surface area contributed by atoms with E-state index in [9.17, 15) is 9.65 Å². The number of hydrogen-bond acceptors (Lipinski definition) is 2. The second-order valence-corrected chi connectivity index (χ2v) is 4.97. The minimum absolute atomic E-state index is 0.316. The highest BCUT2D eigenvalue weighted by Crippen LogP contribution is 2.23. The van der Waals surface area contributed by atoms with Gasteiger partial charge in [0.2, 0.25) is 0 Å². The fourth-order valence-electron chi connectivity index (χ4n) is 2.15. The van der Waals surface area contributed by atoms with Crippen LogP contribution in [0.15, 0.2) is 48.5 Å². The Labute approximate surface area is 119 Å². The van der Waals surface area contributed by atoms with Crippen molar-refractivity contribution in [3.63, 3.8) is 0 Å². The van der Waals surface area contributed by atoms with Crippen molar-refractivity contribution < 1.29 is 4.39 Å². The molecule has 0 fully saturated rings. The van der Waals surface area contributed by atoms with Gasteiger partial charge in [0.25, 0.3) is 0 Å². The SMILES string of the molecule is CN(C)c1ccc(CC(C#N)c2ccccc2F)cc1. The van der Waals surface area contributed by atoms with Gasteiger partial charge >= 0.3 is 0 Å². The summed E-state index contributed by atoms with van der Waals surface area (Å²) in [7, 11) is 3.96. The number of anilines is 1. The molecule has 20 heavy (non-hydrogen) atoms. The van der Waals surface area contributed by atoms with Crippen molar-refractivity contribution in [2.45, 2.75) is 12.3 Å². The molecule has 0 saturated heterocycles. The summed E-state index contributed by atoms with van der Waals surface area (Å²) >= 11 is 0. The molecule has 0 bridgehead atoms. The van der Waals surface area contributed by atoms with Crippen molar-refractivity contribution in [2.24, 2.45) is 0 Å². The second-order valence-electron chi connectivity index (χ2n) is 4.97. The Balaban J connectivity index is 2.19. The number of rotatable bonds is 4. The van der Waals surface area contributed by atoms with E-state index in [1.165, 1.54) is 6.07 Å². The number of halogens is 1. The van der Waals surface area contributed by atoms with Crippen LogP contribution in [0.4, 0.5) is 10.1 Å². The Morgan fingerprint density at radius 2 is 1.75 bits per heavy atom. The lowest BCUT2D eigenvalue weighted by molar-refractivity contribution is 0.600. The molecule has 0 aliphatic rings. The Bertz CT molecular complexity index is 612. The van der Waals surface area contributed by atoms with Crippen molar-refractivity contribution in [3.8, 4) is 6.07 Å². The molecule has 0 heterocycles. The van der Waals surface area contributed by atoms with E-state index in [1.807, 2.05) is 43.3 Å². The zero-order valence-electron chi connectivity index (χ0n) is 11.7. The molecule has 1 unspecified atom stereocenters. The monoisotopic (exact) mass is 268 g/mol. The lowest BCUT2D eigenvalue weighted by Crippen LogP contribution is -2.08. The van der Waals surface area contributed by atoms with Crippen LogP contribution in [-0.4, -0.2) is 14.1 Å². The normalized spacial score (nSPS) is 11.7. The molecule has 1 atom stereocenters. The topological polar surface area (TPSA) is 27.0 Å². The Morgan fingerprint density at radius 3 is 2.30 bits per heavy atom. The predicted octanol–water partition coefficient (Wildman–Crippen LogP) is 3.74. The standard InChI is InChI=1S/C17H17FN2/c1-20(2)15-9-7-13(8-10-15)11-14(12-19)16-5-3-4-6-17(16)18/h3-10,14H,11H2,1-2H3. The number of hydrogen-bond donors (Lipinski definition) is 0. The van der Waals surface area contributed by atoms with Crippen molar-refractivity contribution in [3.05, 3.63) is 65.5 Å². The third-order valence-electron chi connectivity index (χ3n) is 3.33. The van der Waals surface area contributed by atoms with Crippen LogP contribution in [0.1, 0.15) is 17.0 Å². The van der Waals surface area contributed by atoms with Gasteiger partial charge in [0.15, 0.2) is 0 Å². The van der Waals surface area contributed by atoms with Crippen molar-refractivity contribution in [1.29, 1.82) is 5.26 Å². The van der Waals surface area contributed by atoms with Gasteiger partial charge in [-0.05, 0) is 30.2 Å². The third kappa shape index (κ3) is 3.16. The molecule has 3 heteroatoms. The number of nitrogens with zero attached hydrogens (tertiary/aromatic N) is 2. The zero-order chi connectivity index (χ0) is 14.5. The van der Waals surface area contributed by atoms with E-state index in [2.05, 4.69) is 6.07 Å². The first-order chi connectivity index (χ1) is 9.61. The highest BCUT2D eigenvalue weighted by Gasteiger charge is 2.15. The summed E-state index contributed by atoms with van der Waals surface area (Å²) in [5.41, 5.74) is 2.60. The van der Waals surface area contributed by atoms with Crippen LogP contribution in [0.5, 0.6) is 0 Å². The average molecular weight is 268 g/mol. The first-order valence-corrected chi connectivity index (χ1v) is 6.52. The van der Waals surface area contributed by atoms with Gasteiger partial charge in [-0.3, -0.25) is 0 Å². The Kier molecular flexibility index (Phi) is 4.37. The lowest BCUT2D eigenvalue weighted by Gasteiger charge is -2.14. The average Bonchev–Trinajstić information content (AvgIpc) is 2.46. The predicted molar refractivity (Wildman–Crippen MR) is 79.2 cm³/mol. The molecule has 2 aromatic rings. The van der Waals surface area contributed by atoms with Gasteiger partial charge in [0.05, 0.1) is 12.0 Å². The van der Waals surface area contributed by atoms with Crippen LogP contribution in [-0.2, 0) is 6.42 Å². The highest BCUT2D eigenvalue weighted by molar-refractivity contribution is 5.46. The van der Waals surface area contributed by atoms with Gasteiger partial charge in [0.1, 0.15) is 5.82 Å². The molecule has 2 rings (SSSR count). The summed E-state index contributed by atoms with van der Waals surface area (Å²) in [5.74, 6) is -0.773. The van der Waals surface area contributed by atoms with Gasteiger partial charge < -0.3 is 4.90 Å². The number of benzene rings is 2. The summed E-state index contributed by atoms with van der Waals surface area (Å²) in [6.07, 6.45) is 0.519. The van der Waals surface area contributed by atoms with Gasteiger partial charge in [-0.2, -0.15) is 5.26 Å². The molecule has 0 N–H and O–H groups in total. The maximum absolute atomic E-state index is 13.7. The van der Waals surface area contributed by atoms with E-state index >= 15 is 0 Å². The minimum Gasteiger partial charge on any atom is -0.378 e. The fourth-order valence-corrected chi connectivity index (χ4v) is 2.15. The zero-order valence-corrected chi connectivity index (χ0v) is 11.7. The van der Waals surface area contributed by atoms with E-state index in [-0.39, 0.29) is 5.82 Å². The van der Waals surface area contributed by atoms with Crippen molar-refractivity contribution >= 4 is 5.69 Å². The van der Waals surface area contributed by atoms with Crippen LogP contribution in [0.2, 0.25) is 0 Å². The molecular weight excluding hydrogens is 251 g/mol. The smallest absolute Gasteiger partial charge is 0.127 e. The van der Waals surface area contributed by atoms with Crippen LogP contribution >= 0.6 is 0 Å². The van der Waals surface area contributed by atoms with E-state index < -0.39 is 5.92 Å². The molecule has 0 aliphatic carbocycles. The fraction of sp³-hybridized carbons (Fsp3) is 0.235. The first kappa shape index (κ1) is 14.1. The molecule has 0 aliphatic heterocycles. The molecule has 2 aromatic carbocycles. The van der Waals surface area contributed by atoms with E-state index in [1.54, 1.807) is 18.2 Å². The van der Waals surface area contributed by atoms with Gasteiger partial charge in [-0.1, -0.05) is 30.3 Å². The first-order valence-electron chi connectivity index (χ1n) is 6.52. The van der Waals surface area contributed by atoms with Crippen LogP contribution < -0.4 is 4.90 Å². The molecule has 0 amide bonds. The molecule has 0 radical (unpaired) electrons. The molecule has 0 saturated carbocycles. The van der Waals surface area contributed by atoms with Crippen molar-refractivity contribution in [1.82, 2.24) is 0 Å². The summed E-state index contributed by atoms with van der Waals surface area (Å²) in [6.45, 7) is 0.